The SMILES string of the molecule is O=C1CCC(N2Cc3ccc(CNC[C@@H]4C[C@@H]5C[C@H]4CN5)cc3C2=O)C(=O)N1. The van der Waals surface area contributed by atoms with Crippen molar-refractivity contribution in [2.75, 3.05) is 13.1 Å². The molecule has 1 aliphatic carbocycles. The summed E-state index contributed by atoms with van der Waals surface area (Å²) in [5, 5.41) is 9.46. The number of amides is 3. The van der Waals surface area contributed by atoms with Crippen LogP contribution in [-0.2, 0) is 22.7 Å². The van der Waals surface area contributed by atoms with Crippen LogP contribution < -0.4 is 16.0 Å². The standard InChI is InChI=1S/C21H26N4O3/c26-19-4-3-18(20(27)24-19)25-11-13-2-1-12(5-17(13)21(25)28)8-22-9-14-6-16-7-15(14)10-23-16/h1-2,5,14-16,18,22-23H,3-4,6-11H2,(H,24,26,27)/t14-,15-,16+,18?/m0/s1. The molecular formula is C21H26N4O3. The number of carbonyl (C=O) groups excluding carboxylic acids is 3. The Morgan fingerprint density at radius 3 is 2.82 bits per heavy atom. The minimum absolute atomic E-state index is 0.106. The van der Waals surface area contributed by atoms with E-state index < -0.39 is 6.04 Å². The Labute approximate surface area is 164 Å². The van der Waals surface area contributed by atoms with Crippen molar-refractivity contribution < 1.29 is 14.4 Å². The van der Waals surface area contributed by atoms with Crippen LogP contribution in [0.5, 0.6) is 0 Å². The number of hydrogen-bond acceptors (Lipinski definition) is 5. The zero-order chi connectivity index (χ0) is 19.3. The van der Waals surface area contributed by atoms with Gasteiger partial charge in [0.25, 0.3) is 5.91 Å². The maximum Gasteiger partial charge on any atom is 0.255 e. The highest BCUT2D eigenvalue weighted by atomic mass is 16.2. The van der Waals surface area contributed by atoms with Gasteiger partial charge in [0.2, 0.25) is 11.8 Å². The van der Waals surface area contributed by atoms with E-state index in [1.165, 1.54) is 12.8 Å². The Morgan fingerprint density at radius 1 is 1.18 bits per heavy atom. The molecule has 1 aromatic carbocycles. The van der Waals surface area contributed by atoms with Crippen molar-refractivity contribution >= 4 is 17.7 Å². The predicted molar refractivity (Wildman–Crippen MR) is 102 cm³/mol. The number of nitrogens with zero attached hydrogens (tertiary/aromatic N) is 1. The first kappa shape index (κ1) is 17.8. The Balaban J connectivity index is 1.21. The van der Waals surface area contributed by atoms with Crippen LogP contribution in [0.3, 0.4) is 0 Å². The molecule has 2 bridgehead atoms. The summed E-state index contributed by atoms with van der Waals surface area (Å²) in [6, 6.07) is 6.18. The number of benzene rings is 1. The van der Waals surface area contributed by atoms with Crippen molar-refractivity contribution in [2.45, 2.75) is 50.9 Å². The molecule has 0 radical (unpaired) electrons. The molecule has 3 N–H and O–H groups in total. The maximum absolute atomic E-state index is 12.9. The highest BCUT2D eigenvalue weighted by Crippen LogP contribution is 2.36. The molecule has 1 aromatic rings. The first-order valence-corrected chi connectivity index (χ1v) is 10.3. The van der Waals surface area contributed by atoms with Crippen molar-refractivity contribution in [3.8, 4) is 0 Å². The number of piperidine rings is 2. The van der Waals surface area contributed by atoms with Crippen molar-refractivity contribution in [3.05, 3.63) is 34.9 Å². The van der Waals surface area contributed by atoms with Gasteiger partial charge in [-0.3, -0.25) is 19.7 Å². The zero-order valence-corrected chi connectivity index (χ0v) is 15.9. The number of fused-ring (bicyclic) bond motifs is 3. The van der Waals surface area contributed by atoms with E-state index in [0.29, 0.717) is 24.6 Å². The van der Waals surface area contributed by atoms with Gasteiger partial charge < -0.3 is 15.5 Å². The Bertz CT molecular complexity index is 839. The van der Waals surface area contributed by atoms with Gasteiger partial charge in [-0.05, 0) is 61.4 Å². The molecule has 0 aromatic heterocycles. The van der Waals surface area contributed by atoms with E-state index in [1.54, 1.807) is 4.90 Å². The summed E-state index contributed by atoms with van der Waals surface area (Å²) in [7, 11) is 0. The Morgan fingerprint density at radius 2 is 2.07 bits per heavy atom. The van der Waals surface area contributed by atoms with Gasteiger partial charge in [0.15, 0.2) is 0 Å². The van der Waals surface area contributed by atoms with Gasteiger partial charge in [-0.1, -0.05) is 12.1 Å². The summed E-state index contributed by atoms with van der Waals surface area (Å²) >= 11 is 0. The number of hydrogen-bond donors (Lipinski definition) is 3. The molecule has 4 atom stereocenters. The number of rotatable bonds is 5. The van der Waals surface area contributed by atoms with Gasteiger partial charge in [-0.25, -0.2) is 0 Å². The molecule has 7 heteroatoms. The molecule has 28 heavy (non-hydrogen) atoms. The van der Waals surface area contributed by atoms with Crippen LogP contribution in [0.1, 0.15) is 47.2 Å². The molecule has 5 rings (SSSR count). The van der Waals surface area contributed by atoms with Gasteiger partial charge in [-0.15, -0.1) is 0 Å². The van der Waals surface area contributed by atoms with Gasteiger partial charge in [-0.2, -0.15) is 0 Å². The number of imide groups is 1. The van der Waals surface area contributed by atoms with Crippen LogP contribution in [0, 0.1) is 11.8 Å². The monoisotopic (exact) mass is 382 g/mol. The lowest BCUT2D eigenvalue weighted by molar-refractivity contribution is -0.136. The fourth-order valence-electron chi connectivity index (χ4n) is 5.31. The summed E-state index contributed by atoms with van der Waals surface area (Å²) in [5.41, 5.74) is 2.74. The predicted octanol–water partition coefficient (Wildman–Crippen LogP) is 0.535. The fraction of sp³-hybridized carbons (Fsp3) is 0.571. The van der Waals surface area contributed by atoms with Crippen molar-refractivity contribution in [3.63, 3.8) is 0 Å². The zero-order valence-electron chi connectivity index (χ0n) is 15.9. The molecule has 3 amide bonds. The quantitative estimate of drug-likeness (QED) is 0.647. The molecule has 1 saturated carbocycles. The Hall–Kier alpha value is -2.25. The number of nitrogens with one attached hydrogen (secondary N) is 3. The highest BCUT2D eigenvalue weighted by molar-refractivity contribution is 6.05. The van der Waals surface area contributed by atoms with Crippen molar-refractivity contribution in [1.82, 2.24) is 20.9 Å². The summed E-state index contributed by atoms with van der Waals surface area (Å²) in [6.45, 7) is 3.36. The van der Waals surface area contributed by atoms with Crippen LogP contribution in [0.15, 0.2) is 18.2 Å². The van der Waals surface area contributed by atoms with E-state index in [4.69, 9.17) is 0 Å². The second kappa shape index (κ2) is 6.97. The van der Waals surface area contributed by atoms with E-state index >= 15 is 0 Å². The van der Waals surface area contributed by atoms with E-state index in [2.05, 4.69) is 22.0 Å². The minimum atomic E-state index is -0.550. The lowest BCUT2D eigenvalue weighted by atomic mass is 9.95. The van der Waals surface area contributed by atoms with Gasteiger partial charge >= 0.3 is 0 Å². The Kier molecular flexibility index (Phi) is 4.44. The van der Waals surface area contributed by atoms with Crippen LogP contribution in [0.4, 0.5) is 0 Å². The third kappa shape index (κ3) is 3.12. The van der Waals surface area contributed by atoms with Crippen LogP contribution in [-0.4, -0.2) is 47.8 Å². The second-order valence-corrected chi connectivity index (χ2v) is 8.62. The molecular weight excluding hydrogens is 356 g/mol. The maximum atomic E-state index is 12.9. The summed E-state index contributed by atoms with van der Waals surface area (Å²) in [6.07, 6.45) is 3.26. The van der Waals surface area contributed by atoms with Crippen molar-refractivity contribution in [1.29, 1.82) is 0 Å². The highest BCUT2D eigenvalue weighted by Gasteiger charge is 2.40. The van der Waals surface area contributed by atoms with Crippen LogP contribution in [0.25, 0.3) is 0 Å². The van der Waals surface area contributed by atoms with Crippen LogP contribution in [0.2, 0.25) is 0 Å². The third-order valence-corrected chi connectivity index (χ3v) is 6.84. The molecule has 3 aliphatic heterocycles. The molecule has 7 nitrogen and oxygen atoms in total. The van der Waals surface area contributed by atoms with E-state index in [-0.39, 0.29) is 24.1 Å². The molecule has 1 unspecified atom stereocenters. The first-order valence-electron chi connectivity index (χ1n) is 10.3. The molecule has 148 valence electrons. The largest absolute Gasteiger partial charge is 0.322 e. The van der Waals surface area contributed by atoms with Gasteiger partial charge in [0.1, 0.15) is 6.04 Å². The summed E-state index contributed by atoms with van der Waals surface area (Å²) in [5.74, 6) is 0.835. The molecule has 3 fully saturated rings. The van der Waals surface area contributed by atoms with Crippen LogP contribution >= 0.6 is 0 Å². The van der Waals surface area contributed by atoms with E-state index in [0.717, 1.165) is 42.6 Å². The molecule has 2 saturated heterocycles. The van der Waals surface area contributed by atoms with E-state index in [1.807, 2.05) is 12.1 Å². The molecule has 4 aliphatic rings. The summed E-state index contributed by atoms with van der Waals surface area (Å²) in [4.78, 5) is 38.0. The van der Waals surface area contributed by atoms with Gasteiger partial charge in [0, 0.05) is 31.1 Å². The third-order valence-electron chi connectivity index (χ3n) is 6.84. The molecule has 0 spiro atoms. The molecule has 3 heterocycles. The average molecular weight is 382 g/mol. The van der Waals surface area contributed by atoms with Gasteiger partial charge in [0.05, 0.1) is 0 Å². The number of carbonyl (C=O) groups is 3. The van der Waals surface area contributed by atoms with E-state index in [9.17, 15) is 14.4 Å². The smallest absolute Gasteiger partial charge is 0.255 e. The topological polar surface area (TPSA) is 90.5 Å². The minimum Gasteiger partial charge on any atom is -0.322 e. The fourth-order valence-corrected chi connectivity index (χ4v) is 5.31. The lowest BCUT2D eigenvalue weighted by Crippen LogP contribution is -2.52. The first-order chi connectivity index (χ1) is 13.6. The lowest BCUT2D eigenvalue weighted by Gasteiger charge is -2.29. The normalized spacial score (nSPS) is 31.4. The average Bonchev–Trinajstić information content (AvgIpc) is 3.37. The van der Waals surface area contributed by atoms with Crippen molar-refractivity contribution in [2.24, 2.45) is 11.8 Å². The summed E-state index contributed by atoms with van der Waals surface area (Å²) < 4.78 is 0. The second-order valence-electron chi connectivity index (χ2n) is 8.62.